The van der Waals surface area contributed by atoms with Gasteiger partial charge in [0.2, 0.25) is 0 Å². The number of halogens is 4. The number of aliphatic hydroxyl groups excluding tert-OH is 2. The zero-order valence-corrected chi connectivity index (χ0v) is 18.9. The summed E-state index contributed by atoms with van der Waals surface area (Å²) in [7, 11) is 0. The molecule has 0 bridgehead atoms. The van der Waals surface area contributed by atoms with Crippen LogP contribution in [0.15, 0.2) is 24.3 Å². The van der Waals surface area contributed by atoms with Gasteiger partial charge < -0.3 is 20.3 Å². The Morgan fingerprint density at radius 2 is 1.87 bits per heavy atom. The summed E-state index contributed by atoms with van der Waals surface area (Å²) >= 11 is 1.89. The standard InChI is InChI=1S/C20H22F3IN2O5/c1-20(2,10-28)30-9-11-7-13(19(29)26-31-6-5-27)18(17(23)16(11)22)25-15-4-3-12(24)8-14(15)21/h3-4,7-8,25,27-28H,5-6,9-10H2,1-2H3,(H,26,29). The van der Waals surface area contributed by atoms with Gasteiger partial charge >= 0.3 is 0 Å². The lowest BCUT2D eigenvalue weighted by atomic mass is 10.1. The molecule has 0 unspecified atom stereocenters. The smallest absolute Gasteiger partial charge is 0.277 e. The van der Waals surface area contributed by atoms with Crippen LogP contribution in [0, 0.1) is 21.0 Å². The molecule has 0 aliphatic carbocycles. The van der Waals surface area contributed by atoms with Crippen molar-refractivity contribution in [2.24, 2.45) is 0 Å². The lowest BCUT2D eigenvalue weighted by molar-refractivity contribution is -0.0642. The molecule has 4 N–H and O–H groups in total. The molecule has 0 heterocycles. The minimum atomic E-state index is -1.42. The largest absolute Gasteiger partial charge is 0.394 e. The van der Waals surface area contributed by atoms with Crippen molar-refractivity contribution >= 4 is 39.9 Å². The average molecular weight is 554 g/mol. The van der Waals surface area contributed by atoms with E-state index < -0.39 is 41.3 Å². The van der Waals surface area contributed by atoms with Gasteiger partial charge in [0.15, 0.2) is 11.6 Å². The molecule has 0 aliphatic heterocycles. The van der Waals surface area contributed by atoms with Crippen molar-refractivity contribution in [3.8, 4) is 0 Å². The second-order valence-corrected chi connectivity index (χ2v) is 8.29. The van der Waals surface area contributed by atoms with Crippen molar-refractivity contribution in [2.45, 2.75) is 26.1 Å². The first-order chi connectivity index (χ1) is 14.6. The minimum Gasteiger partial charge on any atom is -0.394 e. The van der Waals surface area contributed by atoms with Crippen LogP contribution in [0.25, 0.3) is 0 Å². The number of benzene rings is 2. The van der Waals surface area contributed by atoms with Crippen LogP contribution in [0.1, 0.15) is 29.8 Å². The molecule has 2 rings (SSSR count). The molecule has 0 fully saturated rings. The first-order valence-electron chi connectivity index (χ1n) is 9.10. The third-order valence-electron chi connectivity index (χ3n) is 4.07. The van der Waals surface area contributed by atoms with Crippen LogP contribution in [-0.2, 0) is 16.2 Å². The number of carbonyl (C=O) groups excluding carboxylic acids is 1. The summed E-state index contributed by atoms with van der Waals surface area (Å²) < 4.78 is 49.9. The number of aliphatic hydroxyl groups is 2. The third-order valence-corrected chi connectivity index (χ3v) is 4.75. The Morgan fingerprint density at radius 1 is 1.16 bits per heavy atom. The monoisotopic (exact) mass is 554 g/mol. The normalized spacial score (nSPS) is 11.5. The first-order valence-corrected chi connectivity index (χ1v) is 10.2. The lowest BCUT2D eigenvalue weighted by Gasteiger charge is -2.23. The number of carbonyl (C=O) groups is 1. The van der Waals surface area contributed by atoms with E-state index in [1.165, 1.54) is 12.1 Å². The van der Waals surface area contributed by atoms with Gasteiger partial charge in [-0.1, -0.05) is 0 Å². The highest BCUT2D eigenvalue weighted by Crippen LogP contribution is 2.31. The minimum absolute atomic E-state index is 0.172. The van der Waals surface area contributed by atoms with Crippen LogP contribution < -0.4 is 10.8 Å². The molecule has 0 aromatic heterocycles. The molecule has 2 aromatic carbocycles. The number of anilines is 2. The maximum Gasteiger partial charge on any atom is 0.277 e. The average Bonchev–Trinajstić information content (AvgIpc) is 2.72. The predicted octanol–water partition coefficient (Wildman–Crippen LogP) is 3.39. The topological polar surface area (TPSA) is 100 Å². The van der Waals surface area contributed by atoms with Gasteiger partial charge in [-0.15, -0.1) is 0 Å². The van der Waals surface area contributed by atoms with E-state index in [1.807, 2.05) is 28.1 Å². The third kappa shape index (κ3) is 6.77. The van der Waals surface area contributed by atoms with Crippen molar-refractivity contribution in [2.75, 3.05) is 25.1 Å². The Labute approximate surface area is 190 Å². The summed E-state index contributed by atoms with van der Waals surface area (Å²) in [5, 5.41) is 20.5. The summed E-state index contributed by atoms with van der Waals surface area (Å²) in [5.74, 6) is -4.40. The number of nitrogens with one attached hydrogen (secondary N) is 2. The van der Waals surface area contributed by atoms with Gasteiger partial charge in [0, 0.05) is 9.13 Å². The highest BCUT2D eigenvalue weighted by molar-refractivity contribution is 14.1. The molecular formula is C20H22F3IN2O5. The van der Waals surface area contributed by atoms with Crippen molar-refractivity contribution in [3.63, 3.8) is 0 Å². The van der Waals surface area contributed by atoms with Gasteiger partial charge in [-0.25, -0.2) is 18.7 Å². The van der Waals surface area contributed by atoms with E-state index in [2.05, 4.69) is 5.32 Å². The highest BCUT2D eigenvalue weighted by Gasteiger charge is 2.25. The number of hydroxylamine groups is 1. The number of hydrogen-bond acceptors (Lipinski definition) is 6. The van der Waals surface area contributed by atoms with Crippen molar-refractivity contribution in [1.82, 2.24) is 5.48 Å². The van der Waals surface area contributed by atoms with Gasteiger partial charge in [0.1, 0.15) is 5.82 Å². The number of ether oxygens (including phenoxy) is 1. The Hall–Kier alpha value is -1.93. The summed E-state index contributed by atoms with van der Waals surface area (Å²) in [6.45, 7) is 1.68. The van der Waals surface area contributed by atoms with Crippen LogP contribution in [0.2, 0.25) is 0 Å². The van der Waals surface area contributed by atoms with Crippen LogP contribution in [-0.4, -0.2) is 41.5 Å². The fourth-order valence-corrected chi connectivity index (χ4v) is 2.80. The number of hydrogen-bond donors (Lipinski definition) is 4. The van der Waals surface area contributed by atoms with E-state index in [9.17, 15) is 23.1 Å². The predicted molar refractivity (Wildman–Crippen MR) is 115 cm³/mol. The van der Waals surface area contributed by atoms with Gasteiger partial charge in [0.05, 0.1) is 49.0 Å². The lowest BCUT2D eigenvalue weighted by Crippen LogP contribution is -2.29. The van der Waals surface area contributed by atoms with Gasteiger partial charge in [-0.2, -0.15) is 0 Å². The van der Waals surface area contributed by atoms with Crippen LogP contribution in [0.3, 0.4) is 0 Å². The molecule has 1 amide bonds. The Morgan fingerprint density at radius 3 is 2.48 bits per heavy atom. The summed E-state index contributed by atoms with van der Waals surface area (Å²) in [4.78, 5) is 17.3. The van der Waals surface area contributed by atoms with Crippen molar-refractivity contribution < 1.29 is 37.8 Å². The van der Waals surface area contributed by atoms with Crippen LogP contribution in [0.5, 0.6) is 0 Å². The second kappa shape index (κ2) is 11.1. The summed E-state index contributed by atoms with van der Waals surface area (Å²) in [5.41, 5.74) is -0.474. The Kier molecular flexibility index (Phi) is 9.06. The van der Waals surface area contributed by atoms with E-state index in [-0.39, 0.29) is 36.6 Å². The maximum atomic E-state index is 14.9. The van der Waals surface area contributed by atoms with E-state index in [0.717, 1.165) is 6.07 Å². The van der Waals surface area contributed by atoms with Gasteiger partial charge in [-0.05, 0) is 60.7 Å². The molecule has 0 saturated heterocycles. The molecule has 0 aliphatic rings. The number of amides is 1. The highest BCUT2D eigenvalue weighted by atomic mass is 127. The van der Waals surface area contributed by atoms with E-state index in [0.29, 0.717) is 3.57 Å². The van der Waals surface area contributed by atoms with Crippen LogP contribution >= 0.6 is 22.6 Å². The molecule has 170 valence electrons. The molecule has 11 heteroatoms. The molecule has 0 spiro atoms. The number of rotatable bonds is 10. The quantitative estimate of drug-likeness (QED) is 0.204. The molecule has 0 radical (unpaired) electrons. The summed E-state index contributed by atoms with van der Waals surface area (Å²) in [6.07, 6.45) is 0. The van der Waals surface area contributed by atoms with Crippen molar-refractivity contribution in [1.29, 1.82) is 0 Å². The zero-order valence-electron chi connectivity index (χ0n) is 16.8. The SMILES string of the molecule is CC(C)(CO)OCc1cc(C(=O)NOCCO)c(Nc2ccc(I)cc2F)c(F)c1F. The molecule has 7 nitrogen and oxygen atoms in total. The molecular weight excluding hydrogens is 532 g/mol. The first kappa shape index (κ1) is 25.3. The van der Waals surface area contributed by atoms with Crippen LogP contribution in [0.4, 0.5) is 24.5 Å². The summed E-state index contributed by atoms with van der Waals surface area (Å²) in [6, 6.07) is 5.08. The maximum absolute atomic E-state index is 14.9. The second-order valence-electron chi connectivity index (χ2n) is 7.05. The van der Waals surface area contributed by atoms with E-state index >= 15 is 0 Å². The molecule has 0 saturated carbocycles. The molecule has 2 aromatic rings. The Balaban J connectivity index is 2.48. The van der Waals surface area contributed by atoms with Gasteiger partial charge in [-0.3, -0.25) is 9.63 Å². The Bertz CT molecular complexity index is 944. The zero-order chi connectivity index (χ0) is 23.2. The van der Waals surface area contributed by atoms with E-state index in [4.69, 9.17) is 14.7 Å². The fraction of sp³-hybridized carbons (Fsp3) is 0.350. The van der Waals surface area contributed by atoms with E-state index in [1.54, 1.807) is 19.9 Å². The molecule has 31 heavy (non-hydrogen) atoms. The fourth-order valence-electron chi connectivity index (χ4n) is 2.35. The molecule has 0 atom stereocenters. The van der Waals surface area contributed by atoms with Gasteiger partial charge in [0.25, 0.3) is 5.91 Å². The van der Waals surface area contributed by atoms with Crippen molar-refractivity contribution in [3.05, 3.63) is 56.4 Å².